The van der Waals surface area contributed by atoms with E-state index in [-0.39, 0.29) is 73.1 Å². The van der Waals surface area contributed by atoms with Gasteiger partial charge in [-0.2, -0.15) is 0 Å². The Morgan fingerprint density at radius 3 is 0.670 bits per heavy atom. The van der Waals surface area contributed by atoms with Gasteiger partial charge in [0.15, 0.2) is 0 Å². The van der Waals surface area contributed by atoms with Gasteiger partial charge in [0.05, 0.1) is 0 Å². The fourth-order valence-electron chi connectivity index (χ4n) is 13.9. The van der Waals surface area contributed by atoms with E-state index in [0.717, 1.165) is 0 Å². The fourth-order valence-corrected chi connectivity index (χ4v) is 13.9. The van der Waals surface area contributed by atoms with Crippen molar-refractivity contribution in [2.75, 3.05) is 0 Å². The molecule has 5 unspecified atom stereocenters. The summed E-state index contributed by atoms with van der Waals surface area (Å²) in [5.41, 5.74) is -6.00. The molecule has 0 heterocycles. The van der Waals surface area contributed by atoms with E-state index in [1.807, 2.05) is 166 Å². The molecule has 0 bridgehead atoms. The molecular weight excluding hydrogens is 1220 g/mol. The van der Waals surface area contributed by atoms with Crippen molar-refractivity contribution in [1.82, 2.24) is 0 Å². The average molecular weight is 1330 g/mol. The topological polar surface area (TPSA) is 250 Å². The van der Waals surface area contributed by atoms with Gasteiger partial charge in [0.25, 0.3) is 0 Å². The second-order valence-electron chi connectivity index (χ2n) is 36.4. The third-order valence-electron chi connectivity index (χ3n) is 19.1. The van der Waals surface area contributed by atoms with Crippen molar-refractivity contribution in [2.24, 2.45) is 0 Å². The third kappa shape index (κ3) is 15.9. The quantitative estimate of drug-likeness (QED) is 0.0394. The zero-order valence-electron chi connectivity index (χ0n) is 63.5. The molecule has 9 N–H and O–H groups in total. The summed E-state index contributed by atoms with van der Waals surface area (Å²) in [6, 6.07) is 13.6. The van der Waals surface area contributed by atoms with Crippen molar-refractivity contribution in [3.63, 3.8) is 0 Å². The molecule has 5 rings (SSSR count). The predicted octanol–water partition coefficient (Wildman–Crippen LogP) is 19.7. The molecule has 0 amide bonds. The Labute approximate surface area is 578 Å². The minimum atomic E-state index is -1.75. The highest BCUT2D eigenvalue weighted by Gasteiger charge is 2.48. The molecule has 0 aliphatic heterocycles. The van der Waals surface area contributed by atoms with E-state index in [1.165, 1.54) is 0 Å². The van der Waals surface area contributed by atoms with Gasteiger partial charge in [0, 0.05) is 57.1 Å². The van der Waals surface area contributed by atoms with Crippen LogP contribution in [-0.2, 0) is 67.9 Å². The maximum Gasteiger partial charge on any atom is 0.331 e. The maximum absolute atomic E-state index is 14.8. The van der Waals surface area contributed by atoms with Crippen LogP contribution < -0.4 is 0 Å². The summed E-state index contributed by atoms with van der Waals surface area (Å²) in [6.07, 6.45) is 0. The number of carboxylic acid groups (broad SMARTS) is 4. The Hall–Kier alpha value is -8.06. The summed E-state index contributed by atoms with van der Waals surface area (Å²) in [6.45, 7) is 70.0. The van der Waals surface area contributed by atoms with Crippen LogP contribution in [0.4, 0.5) is 0 Å². The van der Waals surface area contributed by atoms with Gasteiger partial charge in [0.1, 0.15) is 28.7 Å². The molecule has 5 atom stereocenters. The lowest BCUT2D eigenvalue weighted by molar-refractivity contribution is -0.133. The Morgan fingerprint density at radius 2 is 0.474 bits per heavy atom. The van der Waals surface area contributed by atoms with Gasteiger partial charge in [-0.05, 0) is 138 Å². The highest BCUT2D eigenvalue weighted by atomic mass is 16.4. The molecule has 0 saturated heterocycles. The van der Waals surface area contributed by atoms with Gasteiger partial charge in [-0.1, -0.05) is 269 Å². The molecule has 0 aliphatic rings. The van der Waals surface area contributed by atoms with Crippen molar-refractivity contribution in [3.8, 4) is 28.7 Å². The molecule has 5 aromatic carbocycles. The highest BCUT2D eigenvalue weighted by Crippen LogP contribution is 2.60. The van der Waals surface area contributed by atoms with Crippen molar-refractivity contribution in [1.29, 1.82) is 0 Å². The first kappa shape index (κ1) is 79.6. The molecule has 13 nitrogen and oxygen atoms in total. The first-order valence-corrected chi connectivity index (χ1v) is 33.5. The summed E-state index contributed by atoms with van der Waals surface area (Å²) < 4.78 is 0. The van der Waals surface area contributed by atoms with E-state index in [4.69, 9.17) is 0 Å². The van der Waals surface area contributed by atoms with Crippen LogP contribution in [0.5, 0.6) is 28.7 Å². The number of aromatic hydroxyl groups is 5. The molecular formula is C84H114O13. The van der Waals surface area contributed by atoms with Crippen molar-refractivity contribution in [2.45, 2.75) is 272 Å². The number of rotatable bonds is 17. The van der Waals surface area contributed by atoms with Gasteiger partial charge < -0.3 is 46.0 Å². The number of carbonyl (C=O) groups is 4. The Balaban J connectivity index is 2.65. The van der Waals surface area contributed by atoms with Crippen LogP contribution in [0.25, 0.3) is 0 Å². The van der Waals surface area contributed by atoms with Gasteiger partial charge >= 0.3 is 23.9 Å². The number of hydrogen-bond donors (Lipinski definition) is 9. The van der Waals surface area contributed by atoms with Gasteiger partial charge in [0.2, 0.25) is 0 Å². The normalized spacial score (nSPS) is 14.7. The SMILES string of the molecule is C=C(C(=O)O)C(c1cc(C(C)(C)C)c(O)c(C(C)(C)C)c1)c1c(O)c(C(C)(C)C)c(C(C(=C)C(=O)O)c2cc(C(C)(C)C)c(O)c(C(C)(C)C)c2)c(C(C)C(C(=C)C(=O)O)c2cc(C(C)(C)C)c(O)c(C(C)(C)C)c2)c1C(C(=C)C(=O)O)c1cc(C(C)(C)C)c(O)c(C(C)(C)C)c1. The molecule has 13 heteroatoms. The van der Waals surface area contributed by atoms with E-state index in [9.17, 15) is 65.1 Å². The molecule has 0 aromatic heterocycles. The summed E-state index contributed by atoms with van der Waals surface area (Å²) in [4.78, 5) is 58.6. The predicted molar refractivity (Wildman–Crippen MR) is 393 cm³/mol. The molecule has 0 aliphatic carbocycles. The van der Waals surface area contributed by atoms with Gasteiger partial charge in [-0.3, -0.25) is 0 Å². The largest absolute Gasteiger partial charge is 0.507 e. The smallest absolute Gasteiger partial charge is 0.331 e. The van der Waals surface area contributed by atoms with E-state index in [2.05, 4.69) is 26.3 Å². The molecule has 0 spiro atoms. The molecule has 0 saturated carbocycles. The van der Waals surface area contributed by atoms with E-state index in [1.54, 1.807) is 76.2 Å². The van der Waals surface area contributed by atoms with Crippen LogP contribution in [0.2, 0.25) is 0 Å². The van der Waals surface area contributed by atoms with Crippen molar-refractivity contribution >= 4 is 23.9 Å². The lowest BCUT2D eigenvalue weighted by Crippen LogP contribution is -2.30. The van der Waals surface area contributed by atoms with Gasteiger partial charge in [-0.15, -0.1) is 0 Å². The molecule has 528 valence electrons. The number of benzene rings is 5. The first-order valence-electron chi connectivity index (χ1n) is 33.5. The molecule has 0 radical (unpaired) electrons. The number of hydrogen-bond acceptors (Lipinski definition) is 9. The second kappa shape index (κ2) is 26.3. The van der Waals surface area contributed by atoms with Crippen LogP contribution in [0, 0.1) is 0 Å². The van der Waals surface area contributed by atoms with E-state index < -0.39 is 125 Å². The van der Waals surface area contributed by atoms with E-state index >= 15 is 0 Å². The molecule has 97 heavy (non-hydrogen) atoms. The van der Waals surface area contributed by atoms with Crippen molar-refractivity contribution in [3.05, 3.63) is 192 Å². The zero-order valence-corrected chi connectivity index (χ0v) is 63.5. The van der Waals surface area contributed by atoms with E-state index in [0.29, 0.717) is 50.1 Å². The maximum atomic E-state index is 14.8. The highest BCUT2D eigenvalue weighted by molar-refractivity contribution is 5.94. The summed E-state index contributed by atoms with van der Waals surface area (Å²) >= 11 is 0. The monoisotopic (exact) mass is 1330 g/mol. The average Bonchev–Trinajstić information content (AvgIpc) is 0.702. The number of phenols is 5. The standard InChI is InChI=1S/C84H114O13/c1-41(58(42(2)72(90)91)46-33-50(76(6,7)8)67(85)51(34-46)77(9,10)11)62-63(59(43(3)73(92)93)47-35-52(78(12,13)14)68(86)53(36-47)79(15,16)17)65(61(45(5)75(96)97)49-39-56(82(24,25)26)70(88)57(40-49)83(27,28)29)71(89)66(84(30,31)32)64(62)60(44(4)74(94)95)48-37-54(80(18,19)20)69(87)55(38-48)81(21,22)23/h33-41,58-61,85-89H,2-5H2,1,6-32H3,(H,90,91)(H,92,93)(H,94,95)(H,96,97). The van der Waals surface area contributed by atoms with Crippen LogP contribution in [-0.4, -0.2) is 69.8 Å². The van der Waals surface area contributed by atoms with Crippen LogP contribution in [0.3, 0.4) is 0 Å². The lowest BCUT2D eigenvalue weighted by atomic mass is 9.61. The van der Waals surface area contributed by atoms with Gasteiger partial charge in [-0.25, -0.2) is 19.2 Å². The summed E-state index contributed by atoms with van der Waals surface area (Å²) in [5.74, 6) is -14.8. The Morgan fingerprint density at radius 1 is 0.278 bits per heavy atom. The first-order chi connectivity index (χ1) is 43.4. The minimum absolute atomic E-state index is 0.0310. The molecule has 0 fully saturated rings. The number of carboxylic acids is 4. The van der Waals surface area contributed by atoms with Crippen LogP contribution >= 0.6 is 0 Å². The molecule has 5 aromatic rings. The van der Waals surface area contributed by atoms with Crippen molar-refractivity contribution < 1.29 is 65.1 Å². The number of phenolic OH excluding ortho intramolecular Hbond substituents is 5. The second-order valence-corrected chi connectivity index (χ2v) is 36.4. The third-order valence-corrected chi connectivity index (χ3v) is 19.1. The van der Waals surface area contributed by atoms with Crippen LogP contribution in [0.1, 0.15) is 318 Å². The fraction of sp³-hybridized carbons (Fsp3) is 0.500. The zero-order chi connectivity index (χ0) is 75.4. The van der Waals surface area contributed by atoms with Crippen LogP contribution in [0.15, 0.2) is 97.1 Å². The Kier molecular flexibility index (Phi) is 21.6. The summed E-state index contributed by atoms with van der Waals surface area (Å²) in [5, 5.41) is 112. The summed E-state index contributed by atoms with van der Waals surface area (Å²) in [7, 11) is 0. The number of aliphatic carboxylic acids is 4. The Bertz CT molecular complexity index is 3900. The minimum Gasteiger partial charge on any atom is -0.507 e. The lowest BCUT2D eigenvalue weighted by Gasteiger charge is -2.42.